The van der Waals surface area contributed by atoms with Gasteiger partial charge in [-0.15, -0.1) is 0 Å². The van der Waals surface area contributed by atoms with Crippen molar-refractivity contribution in [1.29, 1.82) is 0 Å². The fraction of sp³-hybridized carbons (Fsp3) is 0.429. The maximum Gasteiger partial charge on any atom is 0.307 e. The minimum absolute atomic E-state index is 0.0495. The van der Waals surface area contributed by atoms with Gasteiger partial charge in [0.05, 0.1) is 16.7 Å². The molecule has 1 saturated carbocycles. The van der Waals surface area contributed by atoms with Crippen LogP contribution in [0.4, 0.5) is 5.69 Å². The van der Waals surface area contributed by atoms with Gasteiger partial charge in [-0.1, -0.05) is 12.8 Å². The van der Waals surface area contributed by atoms with E-state index in [1.165, 1.54) is 24.3 Å². The molecule has 0 heterocycles. The molecule has 8 heteroatoms. The zero-order chi connectivity index (χ0) is 16.3. The first-order valence-corrected chi connectivity index (χ1v) is 8.50. The Morgan fingerprint density at radius 2 is 1.64 bits per heavy atom. The normalized spacial score (nSPS) is 22.0. The summed E-state index contributed by atoms with van der Waals surface area (Å²) in [6.45, 7) is 0. The van der Waals surface area contributed by atoms with Crippen LogP contribution in [0.2, 0.25) is 0 Å². The van der Waals surface area contributed by atoms with Crippen LogP contribution in [0.25, 0.3) is 0 Å². The Morgan fingerprint density at radius 3 is 2.14 bits per heavy atom. The number of rotatable bonds is 4. The highest BCUT2D eigenvalue weighted by Gasteiger charge is 2.35. The summed E-state index contributed by atoms with van der Waals surface area (Å²) in [6, 6.07) is 5.44. The Kier molecular flexibility index (Phi) is 4.82. The SMILES string of the molecule is NS(=O)(=O)c1ccc(NC(=O)[C@H]2CCCC[C@H]2C(=O)O)cc1. The van der Waals surface area contributed by atoms with Crippen molar-refractivity contribution in [2.75, 3.05) is 5.32 Å². The van der Waals surface area contributed by atoms with Crippen molar-refractivity contribution in [1.82, 2.24) is 0 Å². The largest absolute Gasteiger partial charge is 0.481 e. The molecule has 2 rings (SSSR count). The first-order chi connectivity index (χ1) is 10.3. The number of sulfonamides is 1. The number of hydrogen-bond donors (Lipinski definition) is 3. The smallest absolute Gasteiger partial charge is 0.307 e. The highest BCUT2D eigenvalue weighted by molar-refractivity contribution is 7.89. The van der Waals surface area contributed by atoms with Gasteiger partial charge in [0, 0.05) is 5.69 Å². The van der Waals surface area contributed by atoms with E-state index in [0.29, 0.717) is 18.5 Å². The molecular weight excluding hydrogens is 308 g/mol. The molecule has 2 atom stereocenters. The second kappa shape index (κ2) is 6.45. The average Bonchev–Trinajstić information content (AvgIpc) is 2.46. The van der Waals surface area contributed by atoms with Crippen LogP contribution in [-0.2, 0) is 19.6 Å². The quantitative estimate of drug-likeness (QED) is 0.765. The fourth-order valence-electron chi connectivity index (χ4n) is 2.70. The highest BCUT2D eigenvalue weighted by atomic mass is 32.2. The molecule has 1 aliphatic carbocycles. The number of carbonyl (C=O) groups excluding carboxylic acids is 1. The zero-order valence-corrected chi connectivity index (χ0v) is 12.7. The van der Waals surface area contributed by atoms with Gasteiger partial charge in [0.15, 0.2) is 0 Å². The molecule has 1 fully saturated rings. The lowest BCUT2D eigenvalue weighted by Crippen LogP contribution is -2.36. The van der Waals surface area contributed by atoms with E-state index in [9.17, 15) is 23.1 Å². The summed E-state index contributed by atoms with van der Waals surface area (Å²) in [7, 11) is -3.78. The van der Waals surface area contributed by atoms with Gasteiger partial charge in [0.25, 0.3) is 0 Å². The van der Waals surface area contributed by atoms with Gasteiger partial charge in [-0.2, -0.15) is 0 Å². The predicted molar refractivity (Wildman–Crippen MR) is 79.5 cm³/mol. The molecule has 0 aliphatic heterocycles. The molecule has 120 valence electrons. The third-order valence-corrected chi connectivity index (χ3v) is 4.80. The maximum atomic E-state index is 12.2. The fourth-order valence-corrected chi connectivity index (χ4v) is 3.22. The summed E-state index contributed by atoms with van der Waals surface area (Å²) in [4.78, 5) is 23.4. The molecule has 1 aliphatic rings. The van der Waals surface area contributed by atoms with E-state index in [1.807, 2.05) is 0 Å². The van der Waals surface area contributed by atoms with Gasteiger partial charge in [-0.25, -0.2) is 13.6 Å². The summed E-state index contributed by atoms with van der Waals surface area (Å²) in [6.07, 6.45) is 2.67. The third kappa shape index (κ3) is 3.83. The van der Waals surface area contributed by atoms with Crippen LogP contribution in [-0.4, -0.2) is 25.4 Å². The summed E-state index contributed by atoms with van der Waals surface area (Å²) < 4.78 is 22.3. The van der Waals surface area contributed by atoms with E-state index in [1.54, 1.807) is 0 Å². The number of carbonyl (C=O) groups is 2. The Labute approximate surface area is 128 Å². The Morgan fingerprint density at radius 1 is 1.09 bits per heavy atom. The monoisotopic (exact) mass is 326 g/mol. The van der Waals surface area contributed by atoms with Crippen molar-refractivity contribution < 1.29 is 23.1 Å². The summed E-state index contributed by atoms with van der Waals surface area (Å²) in [5, 5.41) is 16.8. The van der Waals surface area contributed by atoms with Crippen LogP contribution < -0.4 is 10.5 Å². The molecule has 0 unspecified atom stereocenters. The second-order valence-corrected chi connectivity index (χ2v) is 6.96. The zero-order valence-electron chi connectivity index (χ0n) is 11.9. The number of carboxylic acid groups (broad SMARTS) is 1. The maximum absolute atomic E-state index is 12.2. The summed E-state index contributed by atoms with van der Waals surface area (Å²) in [5.41, 5.74) is 0.409. The van der Waals surface area contributed by atoms with E-state index < -0.39 is 27.8 Å². The van der Waals surface area contributed by atoms with Crippen LogP contribution in [0.15, 0.2) is 29.2 Å². The standard InChI is InChI=1S/C14H18N2O5S/c15-22(20,21)10-7-5-9(6-8-10)16-13(17)11-3-1-2-4-12(11)14(18)19/h5-8,11-12H,1-4H2,(H,16,17)(H,18,19)(H2,15,20,21)/t11-,12+/m0/s1. The number of carboxylic acids is 1. The number of nitrogens with two attached hydrogens (primary N) is 1. The van der Waals surface area contributed by atoms with Gasteiger partial charge in [0.1, 0.15) is 0 Å². The first kappa shape index (κ1) is 16.4. The summed E-state index contributed by atoms with van der Waals surface area (Å²) in [5.74, 6) is -2.54. The predicted octanol–water partition coefficient (Wildman–Crippen LogP) is 1.16. The van der Waals surface area contributed by atoms with Gasteiger partial charge >= 0.3 is 5.97 Å². The molecule has 4 N–H and O–H groups in total. The second-order valence-electron chi connectivity index (χ2n) is 5.39. The number of nitrogens with one attached hydrogen (secondary N) is 1. The van der Waals surface area contributed by atoms with E-state index in [4.69, 9.17) is 5.14 Å². The number of amides is 1. The minimum atomic E-state index is -3.78. The lowest BCUT2D eigenvalue weighted by Gasteiger charge is -2.27. The van der Waals surface area contributed by atoms with Gasteiger partial charge in [-0.05, 0) is 37.1 Å². The van der Waals surface area contributed by atoms with Gasteiger partial charge in [-0.3, -0.25) is 9.59 Å². The van der Waals surface area contributed by atoms with Crippen LogP contribution in [0.5, 0.6) is 0 Å². The first-order valence-electron chi connectivity index (χ1n) is 6.95. The molecule has 1 aromatic rings. The van der Waals surface area contributed by atoms with Crippen molar-refractivity contribution >= 4 is 27.6 Å². The van der Waals surface area contributed by atoms with E-state index in [-0.39, 0.29) is 10.8 Å². The van der Waals surface area contributed by atoms with Crippen molar-refractivity contribution in [3.63, 3.8) is 0 Å². The number of anilines is 1. The van der Waals surface area contributed by atoms with Crippen LogP contribution >= 0.6 is 0 Å². The Balaban J connectivity index is 2.09. The molecular formula is C14H18N2O5S. The average molecular weight is 326 g/mol. The van der Waals surface area contributed by atoms with E-state index in [2.05, 4.69) is 5.32 Å². The molecule has 22 heavy (non-hydrogen) atoms. The molecule has 0 saturated heterocycles. The van der Waals surface area contributed by atoms with Crippen LogP contribution in [0, 0.1) is 11.8 Å². The number of aliphatic carboxylic acids is 1. The molecule has 0 bridgehead atoms. The molecule has 0 spiro atoms. The van der Waals surface area contributed by atoms with Gasteiger partial charge < -0.3 is 10.4 Å². The van der Waals surface area contributed by atoms with Crippen molar-refractivity contribution in [3.05, 3.63) is 24.3 Å². The minimum Gasteiger partial charge on any atom is -0.481 e. The van der Waals surface area contributed by atoms with Crippen LogP contribution in [0.3, 0.4) is 0 Å². The topological polar surface area (TPSA) is 127 Å². The third-order valence-electron chi connectivity index (χ3n) is 3.87. The molecule has 0 radical (unpaired) electrons. The Bertz CT molecular complexity index is 669. The van der Waals surface area contributed by atoms with Crippen molar-refractivity contribution in [2.45, 2.75) is 30.6 Å². The number of benzene rings is 1. The molecule has 0 aromatic heterocycles. The van der Waals surface area contributed by atoms with Crippen molar-refractivity contribution in [3.8, 4) is 0 Å². The molecule has 1 amide bonds. The highest BCUT2D eigenvalue weighted by Crippen LogP contribution is 2.31. The summed E-state index contributed by atoms with van der Waals surface area (Å²) >= 11 is 0. The molecule has 7 nitrogen and oxygen atoms in total. The lowest BCUT2D eigenvalue weighted by atomic mass is 9.78. The van der Waals surface area contributed by atoms with E-state index in [0.717, 1.165) is 12.8 Å². The number of hydrogen-bond acceptors (Lipinski definition) is 4. The number of primary sulfonamides is 1. The van der Waals surface area contributed by atoms with Gasteiger partial charge in [0.2, 0.25) is 15.9 Å². The Hall–Kier alpha value is -1.93. The van der Waals surface area contributed by atoms with Crippen LogP contribution in [0.1, 0.15) is 25.7 Å². The molecule has 1 aromatic carbocycles. The lowest BCUT2D eigenvalue weighted by molar-refractivity contribution is -0.147. The van der Waals surface area contributed by atoms with Crippen molar-refractivity contribution in [2.24, 2.45) is 17.0 Å². The van der Waals surface area contributed by atoms with E-state index >= 15 is 0 Å².